The van der Waals surface area contributed by atoms with Crippen molar-refractivity contribution in [1.82, 2.24) is 10.2 Å². The maximum Gasteiger partial charge on any atom is 0.267 e. The van der Waals surface area contributed by atoms with Gasteiger partial charge in [-0.2, -0.15) is 0 Å². The summed E-state index contributed by atoms with van der Waals surface area (Å²) in [5, 5.41) is 18.2. The van der Waals surface area contributed by atoms with E-state index in [1.165, 1.54) is 41.4 Å². The number of thioether (sulfide) groups is 1. The Bertz CT molecular complexity index is 970. The van der Waals surface area contributed by atoms with E-state index in [9.17, 15) is 14.4 Å². The number of rotatable bonds is 7. The van der Waals surface area contributed by atoms with Gasteiger partial charge < -0.3 is 10.6 Å². The molecule has 28 heavy (non-hydrogen) atoms. The molecule has 3 amide bonds. The van der Waals surface area contributed by atoms with Gasteiger partial charge in [-0.05, 0) is 35.7 Å². The van der Waals surface area contributed by atoms with Gasteiger partial charge in [0.2, 0.25) is 16.9 Å². The van der Waals surface area contributed by atoms with E-state index in [0.717, 1.165) is 0 Å². The van der Waals surface area contributed by atoms with Crippen LogP contribution in [0, 0.1) is 0 Å². The van der Waals surface area contributed by atoms with Crippen molar-refractivity contribution in [3.8, 4) is 0 Å². The SMILES string of the molecule is CC(=O)Nc1ccc(NC(=O)CSc2nnc(NC(=O)c3cccs3)s2)cc1. The van der Waals surface area contributed by atoms with E-state index in [0.29, 0.717) is 25.7 Å². The highest BCUT2D eigenvalue weighted by Crippen LogP contribution is 2.26. The number of carbonyl (C=O) groups is 3. The van der Waals surface area contributed by atoms with Crippen LogP contribution in [0.15, 0.2) is 46.1 Å². The summed E-state index contributed by atoms with van der Waals surface area (Å²) in [6, 6.07) is 10.3. The lowest BCUT2D eigenvalue weighted by molar-refractivity contribution is -0.114. The Morgan fingerprint density at radius 1 is 1.00 bits per heavy atom. The van der Waals surface area contributed by atoms with Gasteiger partial charge in [0.15, 0.2) is 4.34 Å². The quantitative estimate of drug-likeness (QED) is 0.388. The Labute approximate surface area is 172 Å². The average molecular weight is 434 g/mol. The molecule has 0 aliphatic rings. The second kappa shape index (κ2) is 9.44. The lowest BCUT2D eigenvalue weighted by Gasteiger charge is -2.06. The largest absolute Gasteiger partial charge is 0.326 e. The number of amides is 3. The number of hydrogen-bond acceptors (Lipinski definition) is 8. The first kappa shape index (κ1) is 20.0. The van der Waals surface area contributed by atoms with E-state index >= 15 is 0 Å². The molecule has 0 aliphatic carbocycles. The maximum absolute atomic E-state index is 12.1. The lowest BCUT2D eigenvalue weighted by atomic mass is 10.3. The fraction of sp³-hybridized carbons (Fsp3) is 0.118. The molecule has 11 heteroatoms. The van der Waals surface area contributed by atoms with Crippen LogP contribution >= 0.6 is 34.4 Å². The second-order valence-corrected chi connectivity index (χ2v) is 8.55. The number of carbonyl (C=O) groups excluding carboxylic acids is 3. The third-order valence-corrected chi connectivity index (χ3v) is 6.03. The van der Waals surface area contributed by atoms with Crippen LogP contribution in [-0.2, 0) is 9.59 Å². The van der Waals surface area contributed by atoms with Crippen molar-refractivity contribution >= 4 is 68.7 Å². The van der Waals surface area contributed by atoms with Gasteiger partial charge in [0.1, 0.15) is 0 Å². The van der Waals surface area contributed by atoms with Crippen molar-refractivity contribution in [2.75, 3.05) is 21.7 Å². The molecule has 2 heterocycles. The molecular weight excluding hydrogens is 418 g/mol. The lowest BCUT2D eigenvalue weighted by Crippen LogP contribution is -2.14. The highest BCUT2D eigenvalue weighted by molar-refractivity contribution is 8.01. The summed E-state index contributed by atoms with van der Waals surface area (Å²) >= 11 is 3.78. The van der Waals surface area contributed by atoms with Crippen LogP contribution in [-0.4, -0.2) is 33.7 Å². The minimum Gasteiger partial charge on any atom is -0.326 e. The molecule has 0 bridgehead atoms. The standard InChI is InChI=1S/C17H15N5O3S3/c1-10(23)18-11-4-6-12(7-5-11)19-14(24)9-27-17-22-21-16(28-17)20-15(25)13-3-2-8-26-13/h2-8H,9H2,1H3,(H,18,23)(H,19,24)(H,20,21,25). The number of anilines is 3. The van der Waals surface area contributed by atoms with Gasteiger partial charge in [-0.15, -0.1) is 21.5 Å². The minimum atomic E-state index is -0.233. The fourth-order valence-corrected chi connectivity index (χ4v) is 4.22. The van der Waals surface area contributed by atoms with Crippen LogP contribution in [0.2, 0.25) is 0 Å². The second-order valence-electron chi connectivity index (χ2n) is 5.40. The van der Waals surface area contributed by atoms with Crippen molar-refractivity contribution in [2.24, 2.45) is 0 Å². The van der Waals surface area contributed by atoms with Crippen LogP contribution < -0.4 is 16.0 Å². The summed E-state index contributed by atoms with van der Waals surface area (Å²) in [5.41, 5.74) is 1.28. The first-order valence-electron chi connectivity index (χ1n) is 7.98. The maximum atomic E-state index is 12.1. The number of aromatic nitrogens is 2. The Hall–Kier alpha value is -2.76. The number of hydrogen-bond donors (Lipinski definition) is 3. The molecule has 0 saturated carbocycles. The van der Waals surface area contributed by atoms with Crippen molar-refractivity contribution in [3.63, 3.8) is 0 Å². The number of nitrogens with one attached hydrogen (secondary N) is 3. The van der Waals surface area contributed by atoms with Gasteiger partial charge in [0, 0.05) is 18.3 Å². The molecule has 0 radical (unpaired) electrons. The molecule has 2 aromatic heterocycles. The Balaban J connectivity index is 1.46. The van der Waals surface area contributed by atoms with E-state index in [1.54, 1.807) is 36.4 Å². The molecule has 0 aliphatic heterocycles. The molecule has 3 aromatic rings. The first-order chi connectivity index (χ1) is 13.5. The Morgan fingerprint density at radius 2 is 1.71 bits per heavy atom. The molecule has 3 N–H and O–H groups in total. The normalized spacial score (nSPS) is 10.3. The third-order valence-electron chi connectivity index (χ3n) is 3.19. The summed E-state index contributed by atoms with van der Waals surface area (Å²) < 4.78 is 0.581. The average Bonchev–Trinajstić information content (AvgIpc) is 3.33. The minimum absolute atomic E-state index is 0.154. The molecular formula is C17H15N5O3S3. The van der Waals surface area contributed by atoms with Gasteiger partial charge in [0.05, 0.1) is 10.6 Å². The highest BCUT2D eigenvalue weighted by Gasteiger charge is 2.12. The van der Waals surface area contributed by atoms with Crippen molar-refractivity contribution < 1.29 is 14.4 Å². The van der Waals surface area contributed by atoms with Crippen LogP contribution in [0.25, 0.3) is 0 Å². The van der Waals surface area contributed by atoms with Gasteiger partial charge in [0.25, 0.3) is 5.91 Å². The smallest absolute Gasteiger partial charge is 0.267 e. The summed E-state index contributed by atoms with van der Waals surface area (Å²) in [5.74, 6) is -0.433. The predicted octanol–water partition coefficient (Wildman–Crippen LogP) is 3.54. The topological polar surface area (TPSA) is 113 Å². The van der Waals surface area contributed by atoms with Gasteiger partial charge in [-0.25, -0.2) is 0 Å². The van der Waals surface area contributed by atoms with E-state index in [-0.39, 0.29) is 23.5 Å². The summed E-state index contributed by atoms with van der Waals surface area (Å²) in [4.78, 5) is 35.6. The number of thiophene rings is 1. The summed E-state index contributed by atoms with van der Waals surface area (Å²) in [6.07, 6.45) is 0. The molecule has 8 nitrogen and oxygen atoms in total. The molecule has 0 atom stereocenters. The predicted molar refractivity (Wildman–Crippen MR) is 112 cm³/mol. The molecule has 0 unspecified atom stereocenters. The van der Waals surface area contributed by atoms with Crippen LogP contribution in [0.1, 0.15) is 16.6 Å². The molecule has 0 spiro atoms. The number of benzene rings is 1. The molecule has 0 saturated heterocycles. The zero-order valence-electron chi connectivity index (χ0n) is 14.6. The number of nitrogens with zero attached hydrogens (tertiary/aromatic N) is 2. The van der Waals surface area contributed by atoms with Crippen molar-refractivity contribution in [1.29, 1.82) is 0 Å². The van der Waals surface area contributed by atoms with E-state index in [1.807, 2.05) is 5.38 Å². The summed E-state index contributed by atoms with van der Waals surface area (Å²) in [7, 11) is 0. The van der Waals surface area contributed by atoms with E-state index in [2.05, 4.69) is 26.1 Å². The Kier molecular flexibility index (Phi) is 6.74. The van der Waals surface area contributed by atoms with Crippen LogP contribution in [0.3, 0.4) is 0 Å². The monoisotopic (exact) mass is 433 g/mol. The molecule has 144 valence electrons. The van der Waals surface area contributed by atoms with Crippen molar-refractivity contribution in [3.05, 3.63) is 46.7 Å². The summed E-state index contributed by atoms with van der Waals surface area (Å²) in [6.45, 7) is 1.43. The van der Waals surface area contributed by atoms with Crippen LogP contribution in [0.5, 0.6) is 0 Å². The van der Waals surface area contributed by atoms with Gasteiger partial charge >= 0.3 is 0 Å². The van der Waals surface area contributed by atoms with Crippen LogP contribution in [0.4, 0.5) is 16.5 Å². The molecule has 0 fully saturated rings. The fourth-order valence-electron chi connectivity index (χ4n) is 2.05. The molecule has 1 aromatic carbocycles. The third kappa shape index (κ3) is 5.87. The van der Waals surface area contributed by atoms with Gasteiger partial charge in [-0.3, -0.25) is 19.7 Å². The Morgan fingerprint density at radius 3 is 2.36 bits per heavy atom. The zero-order valence-corrected chi connectivity index (χ0v) is 17.0. The molecule has 3 rings (SSSR count). The van der Waals surface area contributed by atoms with Gasteiger partial charge in [-0.1, -0.05) is 29.2 Å². The highest BCUT2D eigenvalue weighted by atomic mass is 32.2. The van der Waals surface area contributed by atoms with Crippen molar-refractivity contribution in [2.45, 2.75) is 11.3 Å². The van der Waals surface area contributed by atoms with E-state index in [4.69, 9.17) is 0 Å². The first-order valence-corrected chi connectivity index (χ1v) is 10.7. The van der Waals surface area contributed by atoms with E-state index < -0.39 is 0 Å². The zero-order chi connectivity index (χ0) is 19.9.